The van der Waals surface area contributed by atoms with Gasteiger partial charge in [0, 0.05) is 17.9 Å². The van der Waals surface area contributed by atoms with Gasteiger partial charge in [-0.25, -0.2) is 0 Å². The Morgan fingerprint density at radius 2 is 2.33 bits per heavy atom. The van der Waals surface area contributed by atoms with Crippen LogP contribution >= 0.6 is 11.8 Å². The molecule has 18 heavy (non-hydrogen) atoms. The molecule has 1 fully saturated rings. The molecule has 0 aliphatic carbocycles. The molecule has 0 spiro atoms. The van der Waals surface area contributed by atoms with Crippen LogP contribution < -0.4 is 10.6 Å². The molecule has 1 aliphatic rings. The zero-order chi connectivity index (χ0) is 13.0. The lowest BCUT2D eigenvalue weighted by molar-refractivity contribution is -0.118. The summed E-state index contributed by atoms with van der Waals surface area (Å²) in [4.78, 5) is 14.4. The van der Waals surface area contributed by atoms with Crippen molar-refractivity contribution in [2.75, 3.05) is 22.9 Å². The SMILES string of the molecule is CCN(C(=O)C1CCCCS1)c1cccc(N)c1. The average Bonchev–Trinajstić information content (AvgIpc) is 2.40. The molecule has 1 aromatic rings. The van der Waals surface area contributed by atoms with Gasteiger partial charge in [0.15, 0.2) is 0 Å². The fourth-order valence-corrected chi connectivity index (χ4v) is 3.53. The Morgan fingerprint density at radius 1 is 1.50 bits per heavy atom. The third-order valence-electron chi connectivity index (χ3n) is 3.22. The lowest BCUT2D eigenvalue weighted by Gasteiger charge is -2.28. The second-order valence-corrected chi connectivity index (χ2v) is 5.84. The fourth-order valence-electron chi connectivity index (χ4n) is 2.27. The van der Waals surface area contributed by atoms with Crippen molar-refractivity contribution >= 4 is 29.0 Å². The summed E-state index contributed by atoms with van der Waals surface area (Å²) < 4.78 is 0. The van der Waals surface area contributed by atoms with Crippen LogP contribution in [0, 0.1) is 0 Å². The number of hydrogen-bond acceptors (Lipinski definition) is 3. The van der Waals surface area contributed by atoms with E-state index in [1.165, 1.54) is 6.42 Å². The zero-order valence-electron chi connectivity index (χ0n) is 10.8. The number of thioether (sulfide) groups is 1. The molecule has 1 unspecified atom stereocenters. The van der Waals surface area contributed by atoms with Gasteiger partial charge in [0.25, 0.3) is 0 Å². The summed E-state index contributed by atoms with van der Waals surface area (Å²) in [5.41, 5.74) is 7.40. The van der Waals surface area contributed by atoms with Gasteiger partial charge in [-0.1, -0.05) is 12.5 Å². The van der Waals surface area contributed by atoms with Gasteiger partial charge in [-0.2, -0.15) is 0 Å². The van der Waals surface area contributed by atoms with Crippen LogP contribution in [0.15, 0.2) is 24.3 Å². The first-order chi connectivity index (χ1) is 8.72. The topological polar surface area (TPSA) is 46.3 Å². The second-order valence-electron chi connectivity index (χ2n) is 4.53. The molecule has 1 aliphatic heterocycles. The Kier molecular flexibility index (Phi) is 4.53. The van der Waals surface area contributed by atoms with Crippen LogP contribution in [0.25, 0.3) is 0 Å². The van der Waals surface area contributed by atoms with Gasteiger partial charge in [0.2, 0.25) is 5.91 Å². The Balaban J connectivity index is 2.14. The van der Waals surface area contributed by atoms with Crippen LogP contribution in [0.1, 0.15) is 26.2 Å². The van der Waals surface area contributed by atoms with E-state index in [9.17, 15) is 4.79 Å². The summed E-state index contributed by atoms with van der Waals surface area (Å²) in [6.45, 7) is 2.70. The summed E-state index contributed by atoms with van der Waals surface area (Å²) >= 11 is 1.79. The van der Waals surface area contributed by atoms with E-state index in [-0.39, 0.29) is 11.2 Å². The highest BCUT2D eigenvalue weighted by atomic mass is 32.2. The maximum atomic E-state index is 12.5. The summed E-state index contributed by atoms with van der Waals surface area (Å²) in [6.07, 6.45) is 3.40. The van der Waals surface area contributed by atoms with Crippen LogP contribution in [0.3, 0.4) is 0 Å². The number of rotatable bonds is 3. The number of amides is 1. The van der Waals surface area contributed by atoms with E-state index >= 15 is 0 Å². The minimum atomic E-state index is 0.125. The van der Waals surface area contributed by atoms with Crippen molar-refractivity contribution in [3.8, 4) is 0 Å². The number of hydrogen-bond donors (Lipinski definition) is 1. The van der Waals surface area contributed by atoms with Crippen molar-refractivity contribution in [1.82, 2.24) is 0 Å². The highest BCUT2D eigenvalue weighted by Gasteiger charge is 2.26. The van der Waals surface area contributed by atoms with Crippen molar-refractivity contribution in [3.63, 3.8) is 0 Å². The molecule has 1 saturated heterocycles. The quantitative estimate of drug-likeness (QED) is 0.854. The number of benzene rings is 1. The van der Waals surface area contributed by atoms with Crippen molar-refractivity contribution in [2.24, 2.45) is 0 Å². The highest BCUT2D eigenvalue weighted by Crippen LogP contribution is 2.28. The summed E-state index contributed by atoms with van der Waals surface area (Å²) in [5.74, 6) is 1.33. The summed E-state index contributed by atoms with van der Waals surface area (Å²) in [7, 11) is 0. The third-order valence-corrected chi connectivity index (χ3v) is 4.58. The standard InChI is InChI=1S/C14H20N2OS/c1-2-16(12-7-5-6-11(15)10-12)14(17)13-8-3-4-9-18-13/h5-7,10,13H,2-4,8-9,15H2,1H3. The minimum absolute atomic E-state index is 0.125. The van der Waals surface area contributed by atoms with Gasteiger partial charge < -0.3 is 10.6 Å². The molecule has 1 atom stereocenters. The first kappa shape index (κ1) is 13.3. The maximum absolute atomic E-state index is 12.5. The molecule has 98 valence electrons. The van der Waals surface area contributed by atoms with E-state index in [0.29, 0.717) is 12.2 Å². The smallest absolute Gasteiger partial charge is 0.240 e. The molecular weight excluding hydrogens is 244 g/mol. The predicted molar refractivity (Wildman–Crippen MR) is 79.0 cm³/mol. The van der Waals surface area contributed by atoms with E-state index in [4.69, 9.17) is 5.73 Å². The number of nitrogens with zero attached hydrogens (tertiary/aromatic N) is 1. The molecule has 1 amide bonds. The van der Waals surface area contributed by atoms with E-state index in [1.807, 2.05) is 36.1 Å². The van der Waals surface area contributed by atoms with Crippen LogP contribution in [0.4, 0.5) is 11.4 Å². The fraction of sp³-hybridized carbons (Fsp3) is 0.500. The summed E-state index contributed by atoms with van der Waals surface area (Å²) in [6, 6.07) is 7.56. The Hall–Kier alpha value is -1.16. The van der Waals surface area contributed by atoms with Crippen LogP contribution in [0.5, 0.6) is 0 Å². The van der Waals surface area contributed by atoms with E-state index in [2.05, 4.69) is 0 Å². The first-order valence-corrected chi connectivity index (χ1v) is 7.55. The maximum Gasteiger partial charge on any atom is 0.240 e. The van der Waals surface area contributed by atoms with Crippen LogP contribution in [0.2, 0.25) is 0 Å². The van der Waals surface area contributed by atoms with Gasteiger partial charge in [-0.3, -0.25) is 4.79 Å². The molecule has 0 saturated carbocycles. The molecule has 0 bridgehead atoms. The number of nitrogen functional groups attached to an aromatic ring is 1. The molecule has 1 aromatic carbocycles. The van der Waals surface area contributed by atoms with Gasteiger partial charge in [-0.15, -0.1) is 11.8 Å². The minimum Gasteiger partial charge on any atom is -0.399 e. The lowest BCUT2D eigenvalue weighted by atomic mass is 10.1. The van der Waals surface area contributed by atoms with E-state index in [0.717, 1.165) is 24.3 Å². The molecule has 2 rings (SSSR count). The van der Waals surface area contributed by atoms with E-state index in [1.54, 1.807) is 11.8 Å². The van der Waals surface area contributed by atoms with Gasteiger partial charge in [-0.05, 0) is 43.7 Å². The van der Waals surface area contributed by atoms with Crippen LogP contribution in [-0.2, 0) is 4.79 Å². The van der Waals surface area contributed by atoms with Gasteiger partial charge in [0.1, 0.15) is 0 Å². The largest absolute Gasteiger partial charge is 0.399 e. The molecule has 1 heterocycles. The van der Waals surface area contributed by atoms with Crippen molar-refractivity contribution in [1.29, 1.82) is 0 Å². The lowest BCUT2D eigenvalue weighted by Crippen LogP contribution is -2.38. The summed E-state index contributed by atoms with van der Waals surface area (Å²) in [5, 5.41) is 0.125. The Bertz CT molecular complexity index is 416. The molecular formula is C14H20N2OS. The average molecular weight is 264 g/mol. The number of carbonyl (C=O) groups excluding carboxylic acids is 1. The van der Waals surface area contributed by atoms with Crippen molar-refractivity contribution in [3.05, 3.63) is 24.3 Å². The third kappa shape index (κ3) is 2.99. The van der Waals surface area contributed by atoms with Gasteiger partial charge in [0.05, 0.1) is 5.25 Å². The monoisotopic (exact) mass is 264 g/mol. The molecule has 0 aromatic heterocycles. The van der Waals surface area contributed by atoms with Gasteiger partial charge >= 0.3 is 0 Å². The number of nitrogens with two attached hydrogens (primary N) is 1. The van der Waals surface area contributed by atoms with Crippen molar-refractivity contribution < 1.29 is 4.79 Å². The number of anilines is 2. The number of carbonyl (C=O) groups is 1. The molecule has 2 N–H and O–H groups in total. The first-order valence-electron chi connectivity index (χ1n) is 6.51. The second kappa shape index (κ2) is 6.14. The zero-order valence-corrected chi connectivity index (χ0v) is 11.6. The van der Waals surface area contributed by atoms with Crippen molar-refractivity contribution in [2.45, 2.75) is 31.4 Å². The Morgan fingerprint density at radius 3 is 2.94 bits per heavy atom. The normalized spacial score (nSPS) is 19.5. The highest BCUT2D eigenvalue weighted by molar-refractivity contribution is 8.00. The predicted octanol–water partition coefficient (Wildman–Crippen LogP) is 2.91. The van der Waals surface area contributed by atoms with E-state index < -0.39 is 0 Å². The Labute approximate surface area is 113 Å². The molecule has 0 radical (unpaired) electrons. The molecule has 4 heteroatoms. The van der Waals surface area contributed by atoms with Crippen LogP contribution in [-0.4, -0.2) is 23.5 Å². The molecule has 3 nitrogen and oxygen atoms in total.